The van der Waals surface area contributed by atoms with Crippen LogP contribution in [0.4, 0.5) is 8.78 Å². The van der Waals surface area contributed by atoms with E-state index in [0.717, 1.165) is 78.9 Å². The van der Waals surface area contributed by atoms with Gasteiger partial charge in [0.25, 0.3) is 0 Å². The Morgan fingerprint density at radius 1 is 0.548 bits per heavy atom. The maximum absolute atomic E-state index is 14.4. The number of rotatable bonds is 5. The number of hydrogen-bond donors (Lipinski definition) is 0. The first-order chi connectivity index (χ1) is 20.5. The van der Waals surface area contributed by atoms with E-state index in [0.29, 0.717) is 12.8 Å². The Balaban J connectivity index is 1.27. The summed E-state index contributed by atoms with van der Waals surface area (Å²) >= 11 is 0. The summed E-state index contributed by atoms with van der Waals surface area (Å²) in [5.41, 5.74) is 8.17. The molecule has 0 fully saturated rings. The molecule has 0 saturated heterocycles. The fourth-order valence-corrected chi connectivity index (χ4v) is 6.70. The number of aryl methyl sites for hydroxylation is 4. The van der Waals surface area contributed by atoms with Gasteiger partial charge in [0.05, 0.1) is 22.4 Å². The maximum Gasteiger partial charge on any atom is 0.145 e. The topological polar surface area (TPSA) is 34.6 Å². The normalized spacial score (nSPS) is 12.2. The van der Waals surface area contributed by atoms with Crippen LogP contribution in [0.1, 0.15) is 36.4 Å². The van der Waals surface area contributed by atoms with Gasteiger partial charge in [-0.2, -0.15) is 0 Å². The third-order valence-corrected chi connectivity index (χ3v) is 8.66. The van der Waals surface area contributed by atoms with Crippen LogP contribution in [-0.2, 0) is 25.7 Å². The van der Waals surface area contributed by atoms with Crippen molar-refractivity contribution >= 4 is 54.6 Å². The molecule has 0 N–H and O–H groups in total. The number of fused-ring (bicyclic) bond motifs is 12. The molecule has 0 spiro atoms. The monoisotopic (exact) mass is 554 g/mol. The van der Waals surface area contributed by atoms with Crippen LogP contribution in [0.2, 0.25) is 0 Å². The highest BCUT2D eigenvalue weighted by atomic mass is 19.1. The van der Waals surface area contributed by atoms with Crippen LogP contribution in [0.25, 0.3) is 54.6 Å². The Hall–Kier alpha value is -4.84. The van der Waals surface area contributed by atoms with E-state index in [9.17, 15) is 8.78 Å². The molecule has 0 bridgehead atoms. The smallest absolute Gasteiger partial charge is 0.145 e. The standard InChI is InChI=1S/C36H28F2N4/c1-3-21-7-5-9-27-31-17-23(37)11-15-29(31)35-39-25(19-41(35)33(21)27)13-14-26-20-42-34-22(4-2)8-6-10-28(34)32-18-24(38)12-16-30(32)36(42)40-26/h5-12,15-20H,3-4,13-14H2,1-2H3. The molecule has 206 valence electrons. The van der Waals surface area contributed by atoms with Crippen LogP contribution >= 0.6 is 0 Å². The van der Waals surface area contributed by atoms with E-state index in [4.69, 9.17) is 9.97 Å². The molecule has 0 aliphatic heterocycles. The fraction of sp³-hybridized carbons (Fsp3) is 0.167. The molecule has 0 saturated carbocycles. The van der Waals surface area contributed by atoms with E-state index < -0.39 is 0 Å². The Labute approximate surface area is 240 Å². The minimum absolute atomic E-state index is 0.248. The molecule has 42 heavy (non-hydrogen) atoms. The highest BCUT2D eigenvalue weighted by molar-refractivity contribution is 6.13. The molecule has 0 radical (unpaired) electrons. The first kappa shape index (κ1) is 24.9. The summed E-state index contributed by atoms with van der Waals surface area (Å²) < 4.78 is 33.1. The van der Waals surface area contributed by atoms with E-state index in [1.807, 2.05) is 24.3 Å². The van der Waals surface area contributed by atoms with Gasteiger partial charge in [0.2, 0.25) is 0 Å². The van der Waals surface area contributed by atoms with Gasteiger partial charge in [-0.15, -0.1) is 0 Å². The van der Waals surface area contributed by atoms with Gasteiger partial charge in [0.15, 0.2) is 0 Å². The van der Waals surface area contributed by atoms with Crippen molar-refractivity contribution in [3.8, 4) is 0 Å². The first-order valence-corrected chi connectivity index (χ1v) is 14.6. The van der Waals surface area contributed by atoms with Crippen LogP contribution in [0, 0.1) is 11.6 Å². The number of imidazole rings is 2. The first-order valence-electron chi connectivity index (χ1n) is 14.6. The molecule has 4 aromatic carbocycles. The zero-order valence-corrected chi connectivity index (χ0v) is 23.5. The second kappa shape index (κ2) is 9.35. The Morgan fingerprint density at radius 3 is 1.43 bits per heavy atom. The average Bonchev–Trinajstić information content (AvgIpc) is 3.64. The summed E-state index contributed by atoms with van der Waals surface area (Å²) in [6.45, 7) is 4.28. The second-order valence-corrected chi connectivity index (χ2v) is 11.1. The van der Waals surface area contributed by atoms with Gasteiger partial charge in [-0.25, -0.2) is 18.7 Å². The number of pyridine rings is 2. The van der Waals surface area contributed by atoms with Crippen molar-refractivity contribution in [2.24, 2.45) is 0 Å². The van der Waals surface area contributed by atoms with E-state index in [-0.39, 0.29) is 11.6 Å². The zero-order valence-electron chi connectivity index (χ0n) is 23.5. The number of aromatic nitrogens is 4. The number of hydrogen-bond acceptors (Lipinski definition) is 2. The molecule has 0 amide bonds. The molecular formula is C36H28F2N4. The van der Waals surface area contributed by atoms with Gasteiger partial charge in [-0.3, -0.25) is 8.80 Å². The molecule has 0 unspecified atom stereocenters. The largest absolute Gasteiger partial charge is 0.299 e. The second-order valence-electron chi connectivity index (χ2n) is 11.1. The molecule has 8 rings (SSSR count). The third kappa shape index (κ3) is 3.64. The van der Waals surface area contributed by atoms with Crippen molar-refractivity contribution in [2.45, 2.75) is 39.5 Å². The predicted octanol–water partition coefficient (Wildman–Crippen LogP) is 8.78. The SMILES string of the molecule is CCc1cccc2c3cc(F)ccc3c3nc(CCc4cn5c(n4)c4ccc(F)cc4c4cccc(CC)c45)cn3c12. The van der Waals surface area contributed by atoms with Gasteiger partial charge >= 0.3 is 0 Å². The maximum atomic E-state index is 14.4. The van der Waals surface area contributed by atoms with Crippen molar-refractivity contribution in [3.05, 3.63) is 119 Å². The van der Waals surface area contributed by atoms with Gasteiger partial charge < -0.3 is 0 Å². The van der Waals surface area contributed by atoms with Gasteiger partial charge in [-0.05, 0) is 84.0 Å². The summed E-state index contributed by atoms with van der Waals surface area (Å²) in [5.74, 6) is -0.495. The van der Waals surface area contributed by atoms with Crippen LogP contribution in [0.3, 0.4) is 0 Å². The lowest BCUT2D eigenvalue weighted by Crippen LogP contribution is -1.95. The minimum atomic E-state index is -0.248. The molecular weight excluding hydrogens is 526 g/mol. The van der Waals surface area contributed by atoms with Crippen molar-refractivity contribution in [3.63, 3.8) is 0 Å². The van der Waals surface area contributed by atoms with Crippen molar-refractivity contribution < 1.29 is 8.78 Å². The summed E-state index contributed by atoms with van der Waals surface area (Å²) in [7, 11) is 0. The molecule has 4 heterocycles. The van der Waals surface area contributed by atoms with E-state index in [2.05, 4.69) is 59.3 Å². The summed E-state index contributed by atoms with van der Waals surface area (Å²) in [6, 6.07) is 22.4. The number of nitrogens with zero attached hydrogens (tertiary/aromatic N) is 4. The quantitative estimate of drug-likeness (QED) is 0.199. The lowest BCUT2D eigenvalue weighted by molar-refractivity contribution is 0.629. The number of para-hydroxylation sites is 2. The number of benzene rings is 4. The average molecular weight is 555 g/mol. The fourth-order valence-electron chi connectivity index (χ4n) is 6.70. The van der Waals surface area contributed by atoms with E-state index in [1.165, 1.54) is 23.3 Å². The Morgan fingerprint density at radius 2 is 1.00 bits per heavy atom. The molecule has 4 aromatic heterocycles. The minimum Gasteiger partial charge on any atom is -0.299 e. The van der Waals surface area contributed by atoms with Crippen LogP contribution in [-0.4, -0.2) is 18.8 Å². The summed E-state index contributed by atoms with van der Waals surface area (Å²) in [5, 5.41) is 5.70. The molecule has 4 nitrogen and oxygen atoms in total. The molecule has 0 atom stereocenters. The molecule has 0 aliphatic rings. The van der Waals surface area contributed by atoms with Crippen LogP contribution < -0.4 is 0 Å². The van der Waals surface area contributed by atoms with Crippen LogP contribution in [0.15, 0.2) is 85.2 Å². The van der Waals surface area contributed by atoms with Gasteiger partial charge in [0.1, 0.15) is 22.9 Å². The van der Waals surface area contributed by atoms with E-state index in [1.54, 1.807) is 12.1 Å². The van der Waals surface area contributed by atoms with Crippen molar-refractivity contribution in [1.29, 1.82) is 0 Å². The van der Waals surface area contributed by atoms with Crippen LogP contribution in [0.5, 0.6) is 0 Å². The van der Waals surface area contributed by atoms with Gasteiger partial charge in [-0.1, -0.05) is 50.2 Å². The highest BCUT2D eigenvalue weighted by Crippen LogP contribution is 2.34. The summed E-state index contributed by atoms with van der Waals surface area (Å²) in [6.07, 6.45) is 7.39. The third-order valence-electron chi connectivity index (χ3n) is 8.66. The Bertz CT molecular complexity index is 2200. The predicted molar refractivity (Wildman–Crippen MR) is 166 cm³/mol. The van der Waals surface area contributed by atoms with Gasteiger partial charge in [0, 0.05) is 33.9 Å². The summed E-state index contributed by atoms with van der Waals surface area (Å²) in [4.78, 5) is 10.1. The lowest BCUT2D eigenvalue weighted by Gasteiger charge is -2.11. The zero-order chi connectivity index (χ0) is 28.5. The van der Waals surface area contributed by atoms with E-state index >= 15 is 0 Å². The van der Waals surface area contributed by atoms with Crippen molar-refractivity contribution in [1.82, 2.24) is 18.8 Å². The van der Waals surface area contributed by atoms with Crippen molar-refractivity contribution in [2.75, 3.05) is 0 Å². The molecule has 6 heteroatoms. The Kier molecular flexibility index (Phi) is 5.54. The molecule has 8 aromatic rings. The number of halogens is 2. The highest BCUT2D eigenvalue weighted by Gasteiger charge is 2.17. The molecule has 0 aliphatic carbocycles. The lowest BCUT2D eigenvalue weighted by atomic mass is 10.0.